The number of urea groups is 1. The lowest BCUT2D eigenvalue weighted by Crippen LogP contribution is -2.43. The van der Waals surface area contributed by atoms with Crippen molar-refractivity contribution in [3.8, 4) is 23.6 Å². The Kier molecular flexibility index (Phi) is 6.48. The Morgan fingerprint density at radius 1 is 1.03 bits per heavy atom. The predicted molar refractivity (Wildman–Crippen MR) is 131 cm³/mol. The topological polar surface area (TPSA) is 92.4 Å². The smallest absolute Gasteiger partial charge is 0.330 e. The normalized spacial score (nSPS) is 13.9. The van der Waals surface area contributed by atoms with Gasteiger partial charge in [-0.05, 0) is 54.8 Å². The summed E-state index contributed by atoms with van der Waals surface area (Å²) < 4.78 is 14.2. The van der Waals surface area contributed by atoms with Crippen LogP contribution in [0.1, 0.15) is 24.4 Å². The molecule has 1 aliphatic heterocycles. The van der Waals surface area contributed by atoms with Crippen LogP contribution < -0.4 is 14.8 Å². The molecule has 0 radical (unpaired) electrons. The Bertz CT molecular complexity index is 1340. The number of aromatic nitrogens is 2. The second kappa shape index (κ2) is 10.2. The number of para-hydroxylation sites is 1. The van der Waals surface area contributed by atoms with E-state index < -0.39 is 0 Å². The van der Waals surface area contributed by atoms with Gasteiger partial charge in [-0.2, -0.15) is 5.26 Å². The summed E-state index contributed by atoms with van der Waals surface area (Å²) in [7, 11) is 0. The number of fused-ring (bicyclic) bond motifs is 1. The summed E-state index contributed by atoms with van der Waals surface area (Å²) >= 11 is 0. The van der Waals surface area contributed by atoms with Crippen LogP contribution in [0, 0.1) is 11.5 Å². The van der Waals surface area contributed by atoms with Gasteiger partial charge in [0.1, 0.15) is 23.6 Å². The standard InChI is InChI=1S/C27H25N5O3/c28-19-30-27(33)31-15-12-22(13-16-31)32-17-11-21-10-14-29-26(25(21)32)35-24-8-6-20(7-9-24)18-34-23-4-2-1-3-5-23/h1-11,14,17,22H,12-13,15-16,18H2,(H,30,33). The van der Waals surface area contributed by atoms with Crippen molar-refractivity contribution in [1.29, 1.82) is 5.26 Å². The molecule has 1 N–H and O–H groups in total. The maximum absolute atomic E-state index is 11.9. The molecule has 35 heavy (non-hydrogen) atoms. The van der Waals surface area contributed by atoms with E-state index in [2.05, 4.69) is 27.1 Å². The molecule has 0 saturated carbocycles. The highest BCUT2D eigenvalue weighted by Gasteiger charge is 2.25. The molecule has 8 nitrogen and oxygen atoms in total. The van der Waals surface area contributed by atoms with Gasteiger partial charge in [-0.3, -0.25) is 0 Å². The van der Waals surface area contributed by atoms with Gasteiger partial charge >= 0.3 is 6.03 Å². The first-order valence-electron chi connectivity index (χ1n) is 11.6. The van der Waals surface area contributed by atoms with Crippen molar-refractivity contribution in [2.75, 3.05) is 13.1 Å². The van der Waals surface area contributed by atoms with Crippen molar-refractivity contribution < 1.29 is 14.3 Å². The zero-order valence-electron chi connectivity index (χ0n) is 19.1. The van der Waals surface area contributed by atoms with Crippen molar-refractivity contribution in [1.82, 2.24) is 19.8 Å². The van der Waals surface area contributed by atoms with Gasteiger partial charge in [0.2, 0.25) is 5.88 Å². The van der Waals surface area contributed by atoms with Gasteiger partial charge in [-0.15, -0.1) is 0 Å². The zero-order valence-corrected chi connectivity index (χ0v) is 19.1. The second-order valence-corrected chi connectivity index (χ2v) is 8.38. The van der Waals surface area contributed by atoms with Gasteiger partial charge in [-0.25, -0.2) is 15.1 Å². The summed E-state index contributed by atoms with van der Waals surface area (Å²) in [5, 5.41) is 11.9. The van der Waals surface area contributed by atoms with E-state index in [1.807, 2.05) is 60.7 Å². The zero-order chi connectivity index (χ0) is 24.0. The molecule has 176 valence electrons. The molecule has 0 aliphatic carbocycles. The Balaban J connectivity index is 1.28. The minimum atomic E-state index is -0.341. The summed E-state index contributed by atoms with van der Waals surface area (Å²) in [6.07, 6.45) is 7.07. The molecule has 0 spiro atoms. The molecule has 4 aromatic rings. The first kappa shape index (κ1) is 22.3. The first-order chi connectivity index (χ1) is 17.2. The molecule has 0 bridgehead atoms. The van der Waals surface area contributed by atoms with Crippen LogP contribution in [-0.4, -0.2) is 33.6 Å². The number of hydrogen-bond donors (Lipinski definition) is 1. The molecule has 8 heteroatoms. The second-order valence-electron chi connectivity index (χ2n) is 8.38. The lowest BCUT2D eigenvalue weighted by atomic mass is 10.0. The highest BCUT2D eigenvalue weighted by molar-refractivity contribution is 5.84. The number of pyridine rings is 1. The van der Waals surface area contributed by atoms with E-state index >= 15 is 0 Å². The summed E-state index contributed by atoms with van der Waals surface area (Å²) in [5.74, 6) is 2.08. The number of ether oxygens (including phenoxy) is 2. The average Bonchev–Trinajstić information content (AvgIpc) is 3.34. The lowest BCUT2D eigenvalue weighted by molar-refractivity contribution is 0.176. The van der Waals surface area contributed by atoms with E-state index in [1.54, 1.807) is 17.3 Å². The number of hydrogen-bond acceptors (Lipinski definition) is 5. The van der Waals surface area contributed by atoms with Crippen LogP contribution in [0.4, 0.5) is 4.79 Å². The molecule has 5 rings (SSSR count). The number of nitrogens with one attached hydrogen (secondary N) is 1. The van der Waals surface area contributed by atoms with Gasteiger partial charge in [0.25, 0.3) is 0 Å². The van der Waals surface area contributed by atoms with E-state index in [-0.39, 0.29) is 12.1 Å². The number of amides is 2. The fourth-order valence-electron chi connectivity index (χ4n) is 4.38. The fourth-order valence-corrected chi connectivity index (χ4v) is 4.38. The van der Waals surface area contributed by atoms with Crippen molar-refractivity contribution in [2.24, 2.45) is 0 Å². The highest BCUT2D eigenvalue weighted by Crippen LogP contribution is 2.34. The summed E-state index contributed by atoms with van der Waals surface area (Å²) in [4.78, 5) is 18.1. The fraction of sp³-hybridized carbons (Fsp3) is 0.222. The Labute approximate surface area is 203 Å². The van der Waals surface area contributed by atoms with Gasteiger partial charge in [-0.1, -0.05) is 30.3 Å². The van der Waals surface area contributed by atoms with Crippen LogP contribution in [0.15, 0.2) is 79.1 Å². The number of carbonyl (C=O) groups excluding carboxylic acids is 1. The number of piperidine rings is 1. The lowest BCUT2D eigenvalue weighted by Gasteiger charge is -2.32. The molecule has 1 saturated heterocycles. The molecule has 1 fully saturated rings. The Morgan fingerprint density at radius 3 is 2.54 bits per heavy atom. The van der Waals surface area contributed by atoms with E-state index in [0.29, 0.717) is 31.3 Å². The Morgan fingerprint density at radius 2 is 1.80 bits per heavy atom. The van der Waals surface area contributed by atoms with Crippen molar-refractivity contribution in [3.63, 3.8) is 0 Å². The number of nitriles is 1. The van der Waals surface area contributed by atoms with Crippen molar-refractivity contribution in [3.05, 3.63) is 84.7 Å². The SMILES string of the molecule is N#CNC(=O)N1CCC(n2ccc3ccnc(Oc4ccc(COc5ccccc5)cc4)c32)CC1. The average molecular weight is 468 g/mol. The molecule has 2 aromatic carbocycles. The summed E-state index contributed by atoms with van der Waals surface area (Å²) in [5.41, 5.74) is 1.98. The molecule has 3 heterocycles. The van der Waals surface area contributed by atoms with Gasteiger partial charge in [0.05, 0.1) is 0 Å². The van der Waals surface area contributed by atoms with Crippen LogP contribution in [-0.2, 0) is 6.61 Å². The molecule has 2 amide bonds. The maximum atomic E-state index is 11.9. The maximum Gasteiger partial charge on any atom is 0.330 e. The molecule has 1 aliphatic rings. The third-order valence-corrected chi connectivity index (χ3v) is 6.19. The van der Waals surface area contributed by atoms with E-state index in [9.17, 15) is 4.79 Å². The van der Waals surface area contributed by atoms with E-state index in [0.717, 1.165) is 35.1 Å². The monoisotopic (exact) mass is 467 g/mol. The molecule has 0 atom stereocenters. The first-order valence-corrected chi connectivity index (χ1v) is 11.6. The van der Waals surface area contributed by atoms with E-state index in [4.69, 9.17) is 14.7 Å². The van der Waals surface area contributed by atoms with Crippen LogP contribution in [0.2, 0.25) is 0 Å². The summed E-state index contributed by atoms with van der Waals surface area (Å²) in [6.45, 7) is 1.65. The van der Waals surface area contributed by atoms with Gasteiger partial charge < -0.3 is 18.9 Å². The molecule has 2 aromatic heterocycles. The van der Waals surface area contributed by atoms with Crippen LogP contribution >= 0.6 is 0 Å². The molecular weight excluding hydrogens is 442 g/mol. The molecular formula is C27H25N5O3. The van der Waals surface area contributed by atoms with Crippen LogP contribution in [0.25, 0.3) is 10.9 Å². The van der Waals surface area contributed by atoms with Crippen LogP contribution in [0.5, 0.6) is 17.4 Å². The molecule has 0 unspecified atom stereocenters. The van der Waals surface area contributed by atoms with Gasteiger partial charge in [0.15, 0.2) is 6.19 Å². The Hall–Kier alpha value is -4.51. The minimum absolute atomic E-state index is 0.211. The number of benzene rings is 2. The number of likely N-dealkylation sites (tertiary alicyclic amines) is 1. The van der Waals surface area contributed by atoms with Crippen molar-refractivity contribution in [2.45, 2.75) is 25.5 Å². The predicted octanol–water partition coefficient (Wildman–Crippen LogP) is 5.24. The largest absolute Gasteiger partial charge is 0.489 e. The number of rotatable bonds is 6. The van der Waals surface area contributed by atoms with E-state index in [1.165, 1.54) is 0 Å². The van der Waals surface area contributed by atoms with Gasteiger partial charge in [0, 0.05) is 36.9 Å². The number of nitrogens with zero attached hydrogens (tertiary/aromatic N) is 4. The van der Waals surface area contributed by atoms with Crippen molar-refractivity contribution >= 4 is 16.9 Å². The highest BCUT2D eigenvalue weighted by atomic mass is 16.5. The third kappa shape index (κ3) is 5.04. The minimum Gasteiger partial charge on any atom is -0.489 e. The summed E-state index contributed by atoms with van der Waals surface area (Å²) in [6, 6.07) is 21.4. The quantitative estimate of drug-likeness (QED) is 0.309. The third-order valence-electron chi connectivity index (χ3n) is 6.19. The number of carbonyl (C=O) groups is 1. The van der Waals surface area contributed by atoms with Crippen LogP contribution in [0.3, 0.4) is 0 Å².